The monoisotopic (exact) mass is 295 g/mol. The molecule has 1 aliphatic heterocycles. The van der Waals surface area contributed by atoms with Gasteiger partial charge in [-0.1, -0.05) is 31.0 Å². The van der Waals surface area contributed by atoms with E-state index in [4.69, 9.17) is 4.74 Å². The van der Waals surface area contributed by atoms with E-state index in [9.17, 15) is 8.42 Å². The van der Waals surface area contributed by atoms with Crippen LogP contribution in [0.5, 0.6) is 0 Å². The third-order valence-corrected chi connectivity index (χ3v) is 5.98. The Morgan fingerprint density at radius 3 is 2.75 bits per heavy atom. The zero-order valence-electron chi connectivity index (χ0n) is 11.5. The van der Waals surface area contributed by atoms with Crippen LogP contribution >= 0.6 is 0 Å². The summed E-state index contributed by atoms with van der Waals surface area (Å²) in [6.45, 7) is 1.36. The molecule has 5 heteroatoms. The normalized spacial score (nSPS) is 24.9. The van der Waals surface area contributed by atoms with Crippen molar-refractivity contribution in [3.05, 3.63) is 29.8 Å². The van der Waals surface area contributed by atoms with Crippen molar-refractivity contribution >= 4 is 9.84 Å². The average Bonchev–Trinajstić information content (AvgIpc) is 3.03. The van der Waals surface area contributed by atoms with Crippen LogP contribution in [0.15, 0.2) is 29.2 Å². The fourth-order valence-corrected chi connectivity index (χ4v) is 4.90. The van der Waals surface area contributed by atoms with Gasteiger partial charge in [0.15, 0.2) is 9.84 Å². The largest absolute Gasteiger partial charge is 0.377 e. The molecule has 1 unspecified atom stereocenters. The van der Waals surface area contributed by atoms with Gasteiger partial charge in [-0.15, -0.1) is 0 Å². The van der Waals surface area contributed by atoms with E-state index in [1.165, 1.54) is 25.7 Å². The Bertz CT molecular complexity index is 564. The van der Waals surface area contributed by atoms with Crippen LogP contribution in [0.3, 0.4) is 0 Å². The van der Waals surface area contributed by atoms with Gasteiger partial charge in [0.2, 0.25) is 0 Å². The van der Waals surface area contributed by atoms with Crippen LogP contribution < -0.4 is 5.32 Å². The van der Waals surface area contributed by atoms with Gasteiger partial charge in [0.05, 0.1) is 23.4 Å². The minimum absolute atomic E-state index is 0.0941. The molecule has 1 aromatic carbocycles. The van der Waals surface area contributed by atoms with E-state index in [1.54, 1.807) is 12.1 Å². The predicted octanol–water partition coefficient (Wildman–Crippen LogP) is 2.06. The number of nitrogens with one attached hydrogen (secondary N) is 1. The molecule has 1 N–H and O–H groups in total. The average molecular weight is 295 g/mol. The SMILES string of the molecule is O=S1(=O)CC(NCCOC2CCCC2)c2ccccc21. The lowest BCUT2D eigenvalue weighted by Gasteiger charge is -2.15. The van der Waals surface area contributed by atoms with Crippen molar-refractivity contribution in [3.8, 4) is 0 Å². The van der Waals surface area contributed by atoms with Crippen molar-refractivity contribution < 1.29 is 13.2 Å². The molecule has 0 amide bonds. The summed E-state index contributed by atoms with van der Waals surface area (Å²) in [5.74, 6) is 0.162. The number of benzene rings is 1. The number of rotatable bonds is 5. The molecule has 0 spiro atoms. The smallest absolute Gasteiger partial charge is 0.180 e. The molecule has 0 aromatic heterocycles. The highest BCUT2D eigenvalue weighted by Crippen LogP contribution is 2.32. The van der Waals surface area contributed by atoms with Crippen LogP contribution in [0.25, 0.3) is 0 Å². The van der Waals surface area contributed by atoms with E-state index in [0.29, 0.717) is 24.2 Å². The Morgan fingerprint density at radius 2 is 1.95 bits per heavy atom. The van der Waals surface area contributed by atoms with Gasteiger partial charge in [-0.05, 0) is 24.5 Å². The van der Waals surface area contributed by atoms with Crippen LogP contribution in [-0.4, -0.2) is 33.4 Å². The second kappa shape index (κ2) is 5.84. The maximum Gasteiger partial charge on any atom is 0.180 e. The quantitative estimate of drug-likeness (QED) is 0.845. The minimum Gasteiger partial charge on any atom is -0.377 e. The summed E-state index contributed by atoms with van der Waals surface area (Å²) in [6, 6.07) is 7.17. The van der Waals surface area contributed by atoms with E-state index >= 15 is 0 Å². The molecule has 1 atom stereocenters. The second-order valence-electron chi connectivity index (χ2n) is 5.60. The van der Waals surface area contributed by atoms with Crippen LogP contribution in [0, 0.1) is 0 Å². The van der Waals surface area contributed by atoms with Crippen molar-refractivity contribution in [2.45, 2.75) is 42.7 Å². The summed E-state index contributed by atoms with van der Waals surface area (Å²) in [5, 5.41) is 3.31. The van der Waals surface area contributed by atoms with E-state index in [2.05, 4.69) is 5.32 Å². The summed E-state index contributed by atoms with van der Waals surface area (Å²) in [5.41, 5.74) is 0.897. The van der Waals surface area contributed by atoms with Gasteiger partial charge in [0, 0.05) is 12.6 Å². The maximum absolute atomic E-state index is 12.0. The zero-order valence-corrected chi connectivity index (χ0v) is 12.4. The Hall–Kier alpha value is -0.910. The predicted molar refractivity (Wildman–Crippen MR) is 77.4 cm³/mol. The van der Waals surface area contributed by atoms with Gasteiger partial charge in [0.25, 0.3) is 0 Å². The fourth-order valence-electron chi connectivity index (χ4n) is 3.13. The third kappa shape index (κ3) is 2.90. The first-order valence-corrected chi connectivity index (χ1v) is 8.99. The van der Waals surface area contributed by atoms with Crippen molar-refractivity contribution in [3.63, 3.8) is 0 Å². The lowest BCUT2D eigenvalue weighted by molar-refractivity contribution is 0.0594. The van der Waals surface area contributed by atoms with E-state index in [0.717, 1.165) is 5.56 Å². The van der Waals surface area contributed by atoms with Gasteiger partial charge < -0.3 is 10.1 Å². The van der Waals surface area contributed by atoms with E-state index in [-0.39, 0.29) is 11.8 Å². The fraction of sp³-hybridized carbons (Fsp3) is 0.600. The number of sulfone groups is 1. The number of ether oxygens (including phenoxy) is 1. The molecule has 3 rings (SSSR count). The van der Waals surface area contributed by atoms with Crippen LogP contribution in [-0.2, 0) is 14.6 Å². The van der Waals surface area contributed by atoms with Crippen LogP contribution in [0.1, 0.15) is 37.3 Å². The van der Waals surface area contributed by atoms with Crippen molar-refractivity contribution in [1.29, 1.82) is 0 Å². The molecule has 1 saturated carbocycles. The van der Waals surface area contributed by atoms with E-state index < -0.39 is 9.84 Å². The summed E-state index contributed by atoms with van der Waals surface area (Å²) in [4.78, 5) is 0.481. The first-order chi connectivity index (χ1) is 9.67. The molecule has 0 radical (unpaired) electrons. The Kier molecular flexibility index (Phi) is 4.10. The Labute approximate surface area is 120 Å². The van der Waals surface area contributed by atoms with Gasteiger partial charge >= 0.3 is 0 Å². The highest BCUT2D eigenvalue weighted by atomic mass is 32.2. The topological polar surface area (TPSA) is 55.4 Å². The number of fused-ring (bicyclic) bond motifs is 1. The zero-order chi connectivity index (χ0) is 14.0. The third-order valence-electron chi connectivity index (χ3n) is 4.16. The van der Waals surface area contributed by atoms with Gasteiger partial charge in [-0.2, -0.15) is 0 Å². The van der Waals surface area contributed by atoms with Gasteiger partial charge in [-0.25, -0.2) is 8.42 Å². The molecule has 110 valence electrons. The minimum atomic E-state index is -3.11. The van der Waals surface area contributed by atoms with Crippen molar-refractivity contribution in [2.24, 2.45) is 0 Å². The lowest BCUT2D eigenvalue weighted by atomic mass is 10.1. The number of hydrogen-bond acceptors (Lipinski definition) is 4. The standard InChI is InChI=1S/C15H21NO3S/c17-20(18)11-14(13-7-3-4-8-15(13)20)16-9-10-19-12-5-1-2-6-12/h3-4,7-8,12,14,16H,1-2,5-6,9-11H2. The number of hydrogen-bond donors (Lipinski definition) is 1. The first-order valence-electron chi connectivity index (χ1n) is 7.33. The summed E-state index contributed by atoms with van der Waals surface area (Å²) in [6.07, 6.45) is 5.29. The summed E-state index contributed by atoms with van der Waals surface area (Å²) in [7, 11) is -3.11. The van der Waals surface area contributed by atoms with Crippen LogP contribution in [0.4, 0.5) is 0 Å². The van der Waals surface area contributed by atoms with Gasteiger partial charge in [-0.3, -0.25) is 0 Å². The Balaban J connectivity index is 1.54. The molecule has 2 aliphatic rings. The van der Waals surface area contributed by atoms with Gasteiger partial charge in [0.1, 0.15) is 0 Å². The molecule has 0 bridgehead atoms. The highest BCUT2D eigenvalue weighted by Gasteiger charge is 2.33. The molecule has 4 nitrogen and oxygen atoms in total. The van der Waals surface area contributed by atoms with Crippen molar-refractivity contribution in [1.82, 2.24) is 5.32 Å². The van der Waals surface area contributed by atoms with Crippen molar-refractivity contribution in [2.75, 3.05) is 18.9 Å². The molecule has 0 saturated heterocycles. The molecule has 1 fully saturated rings. The molecule has 1 aromatic rings. The second-order valence-corrected chi connectivity index (χ2v) is 7.61. The highest BCUT2D eigenvalue weighted by molar-refractivity contribution is 7.91. The summed E-state index contributed by atoms with van der Waals surface area (Å²) >= 11 is 0. The summed E-state index contributed by atoms with van der Waals surface area (Å²) < 4.78 is 29.9. The molecule has 20 heavy (non-hydrogen) atoms. The van der Waals surface area contributed by atoms with E-state index in [1.807, 2.05) is 12.1 Å². The molecule has 1 aliphatic carbocycles. The first kappa shape index (κ1) is 14.0. The lowest BCUT2D eigenvalue weighted by Crippen LogP contribution is -2.27. The van der Waals surface area contributed by atoms with Crippen LogP contribution in [0.2, 0.25) is 0 Å². The maximum atomic E-state index is 12.0. The molecular weight excluding hydrogens is 274 g/mol. The molecule has 1 heterocycles. The Morgan fingerprint density at radius 1 is 1.20 bits per heavy atom. The molecular formula is C15H21NO3S.